The molecule has 1 aromatic carbocycles. The average molecular weight is 474 g/mol. The number of carbonyl (C=O) groups excluding carboxylic acids is 1. The van der Waals surface area contributed by atoms with Crippen molar-refractivity contribution in [1.29, 1.82) is 0 Å². The summed E-state index contributed by atoms with van der Waals surface area (Å²) < 4.78 is 17.3. The van der Waals surface area contributed by atoms with Gasteiger partial charge >= 0.3 is 0 Å². The number of carbonyl (C=O) groups is 1. The van der Waals surface area contributed by atoms with Crippen molar-refractivity contribution in [1.82, 2.24) is 14.9 Å². The van der Waals surface area contributed by atoms with Crippen LogP contribution in [0.4, 0.5) is 0 Å². The lowest BCUT2D eigenvalue weighted by Gasteiger charge is -2.49. The number of benzene rings is 1. The molecule has 33 heavy (non-hydrogen) atoms. The van der Waals surface area contributed by atoms with E-state index in [9.17, 15) is 9.90 Å². The molecule has 4 rings (SSSR count). The van der Waals surface area contributed by atoms with Gasteiger partial charge in [-0.3, -0.25) is 9.78 Å². The molecule has 0 radical (unpaired) electrons. The second-order valence-corrected chi connectivity index (χ2v) is 9.63. The highest BCUT2D eigenvalue weighted by molar-refractivity contribution is 6.30. The molecule has 0 spiro atoms. The van der Waals surface area contributed by atoms with Crippen LogP contribution in [-0.2, 0) is 17.6 Å². The highest BCUT2D eigenvalue weighted by Crippen LogP contribution is 2.33. The van der Waals surface area contributed by atoms with Gasteiger partial charge in [0.05, 0.1) is 38.0 Å². The summed E-state index contributed by atoms with van der Waals surface area (Å²) in [7, 11) is 1.52. The highest BCUT2D eigenvalue weighted by atomic mass is 35.5. The summed E-state index contributed by atoms with van der Waals surface area (Å²) >= 11 is 6.03. The third kappa shape index (κ3) is 4.83. The van der Waals surface area contributed by atoms with Gasteiger partial charge in [0.25, 0.3) is 5.91 Å². The SMILES string of the molecule is COc1cc(C(=O)N2CC(C)(C)OCC2(C)CO)cc2nc(CCc3cc(Cl)ccn3)oc12. The van der Waals surface area contributed by atoms with Crippen LogP contribution in [-0.4, -0.2) is 63.9 Å². The van der Waals surface area contributed by atoms with E-state index in [0.717, 1.165) is 5.69 Å². The first-order valence-corrected chi connectivity index (χ1v) is 11.2. The molecular weight excluding hydrogens is 446 g/mol. The quantitative estimate of drug-likeness (QED) is 0.583. The minimum absolute atomic E-state index is 0.208. The lowest BCUT2D eigenvalue weighted by atomic mass is 9.93. The number of halogens is 1. The number of aromatic nitrogens is 2. The minimum Gasteiger partial charge on any atom is -0.493 e. The van der Waals surface area contributed by atoms with Crippen LogP contribution in [0.3, 0.4) is 0 Å². The molecule has 1 amide bonds. The Hall–Kier alpha value is -2.68. The van der Waals surface area contributed by atoms with Gasteiger partial charge in [-0.25, -0.2) is 4.98 Å². The van der Waals surface area contributed by atoms with Gasteiger partial charge in [-0.1, -0.05) is 11.6 Å². The van der Waals surface area contributed by atoms with Crippen molar-refractivity contribution in [2.75, 3.05) is 26.9 Å². The van der Waals surface area contributed by atoms with Crippen molar-refractivity contribution in [3.8, 4) is 5.75 Å². The molecule has 9 heteroatoms. The van der Waals surface area contributed by atoms with Gasteiger partial charge in [-0.05, 0) is 51.5 Å². The Morgan fingerprint density at radius 1 is 1.27 bits per heavy atom. The zero-order valence-electron chi connectivity index (χ0n) is 19.2. The maximum absolute atomic E-state index is 13.5. The van der Waals surface area contributed by atoms with Gasteiger partial charge in [0, 0.05) is 28.9 Å². The van der Waals surface area contributed by atoms with Crippen LogP contribution in [0.25, 0.3) is 11.1 Å². The fourth-order valence-electron chi connectivity index (χ4n) is 3.90. The van der Waals surface area contributed by atoms with Gasteiger partial charge in [0.1, 0.15) is 5.52 Å². The molecule has 0 saturated carbocycles. The predicted molar refractivity (Wildman–Crippen MR) is 124 cm³/mol. The summed E-state index contributed by atoms with van der Waals surface area (Å²) in [5.74, 6) is 0.715. The van der Waals surface area contributed by atoms with E-state index in [2.05, 4.69) is 9.97 Å². The number of fused-ring (bicyclic) bond motifs is 1. The Morgan fingerprint density at radius 3 is 2.76 bits per heavy atom. The monoisotopic (exact) mass is 473 g/mol. The van der Waals surface area contributed by atoms with E-state index in [1.807, 2.05) is 26.8 Å². The van der Waals surface area contributed by atoms with Crippen molar-refractivity contribution in [2.45, 2.75) is 44.8 Å². The summed E-state index contributed by atoms with van der Waals surface area (Å²) in [6, 6.07) is 6.89. The van der Waals surface area contributed by atoms with Gasteiger partial charge in [-0.2, -0.15) is 0 Å². The van der Waals surface area contributed by atoms with Crippen molar-refractivity contribution < 1.29 is 23.8 Å². The first-order chi connectivity index (χ1) is 15.6. The lowest BCUT2D eigenvalue weighted by Crippen LogP contribution is -2.64. The number of aliphatic hydroxyl groups is 1. The van der Waals surface area contributed by atoms with E-state index < -0.39 is 11.1 Å². The number of methoxy groups -OCH3 is 1. The molecule has 0 bridgehead atoms. The molecule has 0 aliphatic carbocycles. The molecule has 176 valence electrons. The summed E-state index contributed by atoms with van der Waals surface area (Å²) in [6.07, 6.45) is 2.80. The third-order valence-electron chi connectivity index (χ3n) is 5.89. The normalized spacial score (nSPS) is 20.2. The van der Waals surface area contributed by atoms with Crippen molar-refractivity contribution in [2.24, 2.45) is 0 Å². The molecule has 8 nitrogen and oxygen atoms in total. The number of nitrogens with zero attached hydrogens (tertiary/aromatic N) is 3. The van der Waals surface area contributed by atoms with Crippen LogP contribution >= 0.6 is 11.6 Å². The Morgan fingerprint density at radius 2 is 2.06 bits per heavy atom. The van der Waals surface area contributed by atoms with Crippen molar-refractivity contribution in [3.63, 3.8) is 0 Å². The lowest BCUT2D eigenvalue weighted by molar-refractivity contribution is -0.144. The number of pyridine rings is 1. The summed E-state index contributed by atoms with van der Waals surface area (Å²) in [5.41, 5.74) is 0.918. The number of aliphatic hydroxyl groups excluding tert-OH is 1. The molecule has 1 N–H and O–H groups in total. The van der Waals surface area contributed by atoms with Crippen LogP contribution in [0.1, 0.15) is 42.7 Å². The van der Waals surface area contributed by atoms with Gasteiger partial charge in [0.15, 0.2) is 17.2 Å². The van der Waals surface area contributed by atoms with E-state index in [4.69, 9.17) is 25.5 Å². The summed E-state index contributed by atoms with van der Waals surface area (Å²) in [5, 5.41) is 10.6. The molecule has 1 aliphatic rings. The zero-order valence-corrected chi connectivity index (χ0v) is 20.0. The van der Waals surface area contributed by atoms with Crippen LogP contribution < -0.4 is 4.74 Å². The topological polar surface area (TPSA) is 97.9 Å². The number of hydrogen-bond donors (Lipinski definition) is 1. The van der Waals surface area contributed by atoms with E-state index in [-0.39, 0.29) is 19.1 Å². The second kappa shape index (κ2) is 8.93. The Kier molecular flexibility index (Phi) is 6.35. The van der Waals surface area contributed by atoms with E-state index in [1.165, 1.54) is 7.11 Å². The number of amides is 1. The van der Waals surface area contributed by atoms with Crippen LogP contribution in [0.5, 0.6) is 5.75 Å². The molecule has 2 aromatic heterocycles. The number of aryl methyl sites for hydroxylation is 2. The molecular formula is C24H28ClN3O5. The largest absolute Gasteiger partial charge is 0.493 e. The van der Waals surface area contributed by atoms with Gasteiger partial charge in [-0.15, -0.1) is 0 Å². The smallest absolute Gasteiger partial charge is 0.254 e. The van der Waals surface area contributed by atoms with Gasteiger partial charge < -0.3 is 23.9 Å². The van der Waals surface area contributed by atoms with Gasteiger partial charge in [0.2, 0.25) is 0 Å². The van der Waals surface area contributed by atoms with E-state index in [0.29, 0.717) is 52.7 Å². The first kappa shape index (κ1) is 23.5. The molecule has 1 aliphatic heterocycles. The summed E-state index contributed by atoms with van der Waals surface area (Å²) in [4.78, 5) is 24.1. The molecule has 1 atom stereocenters. The maximum atomic E-state index is 13.5. The second-order valence-electron chi connectivity index (χ2n) is 9.19. The van der Waals surface area contributed by atoms with Crippen molar-refractivity contribution in [3.05, 3.63) is 52.6 Å². The third-order valence-corrected chi connectivity index (χ3v) is 6.13. The van der Waals surface area contributed by atoms with Crippen molar-refractivity contribution >= 4 is 28.6 Å². The molecule has 1 unspecified atom stereocenters. The number of hydrogen-bond acceptors (Lipinski definition) is 7. The van der Waals surface area contributed by atoms with Crippen LogP contribution in [0.2, 0.25) is 5.02 Å². The average Bonchev–Trinajstić information content (AvgIpc) is 3.21. The molecule has 3 heterocycles. The number of ether oxygens (including phenoxy) is 2. The Labute approximate surface area is 197 Å². The van der Waals surface area contributed by atoms with Crippen LogP contribution in [0.15, 0.2) is 34.9 Å². The minimum atomic E-state index is -0.826. The Balaban J connectivity index is 1.63. The molecule has 1 fully saturated rings. The fraction of sp³-hybridized carbons (Fsp3) is 0.458. The van der Waals surface area contributed by atoms with E-state index >= 15 is 0 Å². The zero-order chi connectivity index (χ0) is 23.8. The number of morpholine rings is 1. The highest BCUT2D eigenvalue weighted by Gasteiger charge is 2.44. The molecule has 1 saturated heterocycles. The fourth-order valence-corrected chi connectivity index (χ4v) is 4.08. The summed E-state index contributed by atoms with van der Waals surface area (Å²) in [6.45, 7) is 6.04. The first-order valence-electron chi connectivity index (χ1n) is 10.8. The van der Waals surface area contributed by atoms with Crippen LogP contribution in [0, 0.1) is 0 Å². The molecule has 3 aromatic rings. The number of rotatable bonds is 6. The maximum Gasteiger partial charge on any atom is 0.254 e. The predicted octanol–water partition coefficient (Wildman–Crippen LogP) is 3.67. The Bertz CT molecular complexity index is 1180. The van der Waals surface area contributed by atoms with E-state index in [1.54, 1.807) is 29.3 Å². The number of oxazole rings is 1. The standard InChI is InChI=1S/C24H28ClN3O5/c1-23(2)12-28(24(3,13-29)14-32-23)22(30)15-9-18-21(19(10-15)31-4)33-20(27-18)6-5-17-11-16(25)7-8-26-17/h7-11,29H,5-6,12-14H2,1-4H3.